The van der Waals surface area contributed by atoms with Gasteiger partial charge in [0, 0.05) is 5.69 Å². The number of anilines is 1. The topological polar surface area (TPSA) is 76.7 Å². The number of rotatable bonds is 5. The molecule has 0 saturated carbocycles. The van der Waals surface area contributed by atoms with Crippen LogP contribution in [-0.2, 0) is 9.63 Å². The van der Waals surface area contributed by atoms with Gasteiger partial charge < -0.3 is 15.9 Å². The normalized spacial score (nSPS) is 11.2. The number of amidine groups is 1. The first-order valence-corrected chi connectivity index (χ1v) is 6.58. The lowest BCUT2D eigenvalue weighted by Gasteiger charge is -2.04. The second-order valence-electron chi connectivity index (χ2n) is 3.78. The van der Waals surface area contributed by atoms with Crippen molar-refractivity contribution in [2.45, 2.75) is 0 Å². The van der Waals surface area contributed by atoms with Crippen molar-refractivity contribution in [3.05, 3.63) is 52.5 Å². The van der Waals surface area contributed by atoms with E-state index in [1.807, 2.05) is 11.4 Å². The summed E-state index contributed by atoms with van der Waals surface area (Å²) < 4.78 is 12.7. The zero-order chi connectivity index (χ0) is 14.4. The fourth-order valence-corrected chi connectivity index (χ4v) is 1.98. The van der Waals surface area contributed by atoms with Crippen LogP contribution in [0.1, 0.15) is 4.88 Å². The third-order valence-electron chi connectivity index (χ3n) is 2.26. The van der Waals surface area contributed by atoms with Gasteiger partial charge in [-0.25, -0.2) is 4.39 Å². The van der Waals surface area contributed by atoms with E-state index in [9.17, 15) is 9.18 Å². The van der Waals surface area contributed by atoms with E-state index in [0.29, 0.717) is 5.69 Å². The number of hydrogen-bond donors (Lipinski definition) is 2. The summed E-state index contributed by atoms with van der Waals surface area (Å²) in [7, 11) is 0. The van der Waals surface area contributed by atoms with Gasteiger partial charge in [-0.05, 0) is 35.7 Å². The molecule has 3 N–H and O–H groups in total. The molecule has 20 heavy (non-hydrogen) atoms. The number of carbonyl (C=O) groups excluding carboxylic acids is 1. The minimum Gasteiger partial charge on any atom is -0.384 e. The summed E-state index contributed by atoms with van der Waals surface area (Å²) in [6.07, 6.45) is 0. The Kier molecular flexibility index (Phi) is 4.67. The van der Waals surface area contributed by atoms with Crippen LogP contribution in [-0.4, -0.2) is 18.3 Å². The molecule has 0 unspecified atom stereocenters. The molecule has 2 aromatic rings. The molecule has 0 saturated heterocycles. The maximum Gasteiger partial charge on any atom is 0.265 e. The number of thiophene rings is 1. The van der Waals surface area contributed by atoms with E-state index < -0.39 is 5.91 Å². The number of nitrogens with one attached hydrogen (secondary N) is 1. The van der Waals surface area contributed by atoms with E-state index in [1.54, 1.807) is 6.07 Å². The lowest BCUT2D eigenvalue weighted by atomic mass is 10.3. The fraction of sp³-hybridized carbons (Fsp3) is 0.0769. The highest BCUT2D eigenvalue weighted by atomic mass is 32.1. The average Bonchev–Trinajstić information content (AvgIpc) is 2.95. The summed E-state index contributed by atoms with van der Waals surface area (Å²) in [6, 6.07) is 9.05. The molecule has 2 rings (SSSR count). The standard InChI is InChI=1S/C13H12FN3O2S/c14-9-3-5-10(6-4-9)16-12(18)8-19-17-13(15)11-2-1-7-20-11/h1-7H,8H2,(H2,15,17)(H,16,18). The summed E-state index contributed by atoms with van der Waals surface area (Å²) in [6.45, 7) is -0.274. The number of nitrogens with zero attached hydrogens (tertiary/aromatic N) is 1. The summed E-state index contributed by atoms with van der Waals surface area (Å²) in [5, 5.41) is 8.05. The Hall–Kier alpha value is -2.41. The van der Waals surface area contributed by atoms with E-state index in [2.05, 4.69) is 10.5 Å². The highest BCUT2D eigenvalue weighted by Gasteiger charge is 2.04. The summed E-state index contributed by atoms with van der Waals surface area (Å²) in [5.74, 6) is -0.554. The molecular formula is C13H12FN3O2S. The van der Waals surface area contributed by atoms with Crippen molar-refractivity contribution in [3.8, 4) is 0 Å². The quantitative estimate of drug-likeness (QED) is 0.504. The first-order chi connectivity index (χ1) is 9.65. The Morgan fingerprint density at radius 1 is 1.35 bits per heavy atom. The molecule has 7 heteroatoms. The fourth-order valence-electron chi connectivity index (χ4n) is 1.36. The van der Waals surface area contributed by atoms with Crippen LogP contribution in [0.4, 0.5) is 10.1 Å². The molecule has 0 bridgehead atoms. The lowest BCUT2D eigenvalue weighted by Crippen LogP contribution is -2.19. The summed E-state index contributed by atoms with van der Waals surface area (Å²) in [5.41, 5.74) is 6.14. The number of benzene rings is 1. The number of halogens is 1. The summed E-state index contributed by atoms with van der Waals surface area (Å²) >= 11 is 1.42. The van der Waals surface area contributed by atoms with Crippen molar-refractivity contribution >= 4 is 28.8 Å². The Morgan fingerprint density at radius 2 is 2.10 bits per heavy atom. The molecule has 0 spiro atoms. The predicted molar refractivity (Wildman–Crippen MR) is 76.0 cm³/mol. The Morgan fingerprint density at radius 3 is 2.75 bits per heavy atom. The van der Waals surface area contributed by atoms with Gasteiger partial charge in [0.1, 0.15) is 5.82 Å². The molecule has 1 heterocycles. The van der Waals surface area contributed by atoms with Crippen molar-refractivity contribution in [1.29, 1.82) is 0 Å². The zero-order valence-electron chi connectivity index (χ0n) is 10.4. The SMILES string of the molecule is N/C(=N\OCC(=O)Nc1ccc(F)cc1)c1cccs1. The van der Waals surface area contributed by atoms with Gasteiger partial charge in [0.05, 0.1) is 4.88 Å². The van der Waals surface area contributed by atoms with E-state index in [-0.39, 0.29) is 18.3 Å². The third-order valence-corrected chi connectivity index (χ3v) is 3.15. The van der Waals surface area contributed by atoms with Crippen LogP contribution in [0.5, 0.6) is 0 Å². The molecule has 0 aliphatic carbocycles. The van der Waals surface area contributed by atoms with Crippen LogP contribution in [0.2, 0.25) is 0 Å². The largest absolute Gasteiger partial charge is 0.384 e. The lowest BCUT2D eigenvalue weighted by molar-refractivity contribution is -0.120. The molecule has 5 nitrogen and oxygen atoms in total. The van der Waals surface area contributed by atoms with Gasteiger partial charge in [-0.1, -0.05) is 11.2 Å². The van der Waals surface area contributed by atoms with Gasteiger partial charge in [0.25, 0.3) is 5.91 Å². The number of carbonyl (C=O) groups is 1. The highest BCUT2D eigenvalue weighted by Crippen LogP contribution is 2.09. The van der Waals surface area contributed by atoms with Crippen LogP contribution >= 0.6 is 11.3 Å². The number of hydrogen-bond acceptors (Lipinski definition) is 4. The molecule has 1 aromatic heterocycles. The smallest absolute Gasteiger partial charge is 0.265 e. The maximum atomic E-state index is 12.7. The van der Waals surface area contributed by atoms with Crippen LogP contribution in [0.3, 0.4) is 0 Å². The molecule has 0 aliphatic heterocycles. The second kappa shape index (κ2) is 6.67. The molecule has 0 fully saturated rings. The predicted octanol–water partition coefficient (Wildman–Crippen LogP) is 2.16. The Labute approximate surface area is 118 Å². The number of oxime groups is 1. The number of amides is 1. The van der Waals surface area contributed by atoms with Crippen molar-refractivity contribution in [2.75, 3.05) is 11.9 Å². The van der Waals surface area contributed by atoms with Gasteiger partial charge in [0.2, 0.25) is 0 Å². The summed E-state index contributed by atoms with van der Waals surface area (Å²) in [4.78, 5) is 17.2. The molecule has 1 aromatic carbocycles. The van der Waals surface area contributed by atoms with Gasteiger partial charge >= 0.3 is 0 Å². The second-order valence-corrected chi connectivity index (χ2v) is 4.73. The minimum absolute atomic E-state index is 0.217. The maximum absolute atomic E-state index is 12.7. The molecule has 0 atom stereocenters. The van der Waals surface area contributed by atoms with E-state index in [4.69, 9.17) is 10.6 Å². The molecule has 1 amide bonds. The van der Waals surface area contributed by atoms with Gasteiger partial charge in [-0.2, -0.15) is 0 Å². The monoisotopic (exact) mass is 293 g/mol. The average molecular weight is 293 g/mol. The number of nitrogens with two attached hydrogens (primary N) is 1. The van der Waals surface area contributed by atoms with Crippen LogP contribution in [0.15, 0.2) is 46.9 Å². The first kappa shape index (κ1) is 14.0. The minimum atomic E-state index is -0.403. The van der Waals surface area contributed by atoms with Gasteiger partial charge in [-0.3, -0.25) is 4.79 Å². The first-order valence-electron chi connectivity index (χ1n) is 5.70. The Balaban J connectivity index is 1.81. The van der Waals surface area contributed by atoms with Gasteiger partial charge in [0.15, 0.2) is 12.4 Å². The van der Waals surface area contributed by atoms with E-state index >= 15 is 0 Å². The van der Waals surface area contributed by atoms with E-state index in [0.717, 1.165) is 4.88 Å². The van der Waals surface area contributed by atoms with Crippen LogP contribution in [0, 0.1) is 5.82 Å². The zero-order valence-corrected chi connectivity index (χ0v) is 11.2. The Bertz CT molecular complexity index is 597. The molecule has 104 valence electrons. The van der Waals surface area contributed by atoms with Crippen LogP contribution < -0.4 is 11.1 Å². The van der Waals surface area contributed by atoms with Crippen LogP contribution in [0.25, 0.3) is 0 Å². The highest BCUT2D eigenvalue weighted by molar-refractivity contribution is 7.12. The molecule has 0 radical (unpaired) electrons. The third kappa shape index (κ3) is 4.06. The molecular weight excluding hydrogens is 281 g/mol. The van der Waals surface area contributed by atoms with E-state index in [1.165, 1.54) is 35.6 Å². The van der Waals surface area contributed by atoms with Crippen molar-refractivity contribution in [3.63, 3.8) is 0 Å². The van der Waals surface area contributed by atoms with Crippen molar-refractivity contribution in [2.24, 2.45) is 10.9 Å². The molecule has 0 aliphatic rings. The van der Waals surface area contributed by atoms with Crippen molar-refractivity contribution < 1.29 is 14.0 Å². The van der Waals surface area contributed by atoms with Crippen molar-refractivity contribution in [1.82, 2.24) is 0 Å². The van der Waals surface area contributed by atoms with Gasteiger partial charge in [-0.15, -0.1) is 11.3 Å².